The highest BCUT2D eigenvalue weighted by Gasteiger charge is 2.23. The zero-order valence-electron chi connectivity index (χ0n) is 16.3. The first kappa shape index (κ1) is 19.8. The van der Waals surface area contributed by atoms with Gasteiger partial charge >= 0.3 is 5.91 Å². The van der Waals surface area contributed by atoms with Gasteiger partial charge in [-0.3, -0.25) is 20.4 Å². The predicted octanol–water partition coefficient (Wildman–Crippen LogP) is 3.98. The number of nitrogens with two attached hydrogens (primary N) is 1. The van der Waals surface area contributed by atoms with Crippen molar-refractivity contribution in [3.05, 3.63) is 96.4 Å². The number of rotatable bonds is 4. The van der Waals surface area contributed by atoms with Crippen LogP contribution in [0.15, 0.2) is 89.5 Å². The largest absolute Gasteiger partial charge is 0.506 e. The summed E-state index contributed by atoms with van der Waals surface area (Å²) in [6.45, 7) is 0. The van der Waals surface area contributed by atoms with E-state index in [1.165, 1.54) is 24.5 Å². The first-order valence-electron chi connectivity index (χ1n) is 9.46. The minimum Gasteiger partial charge on any atom is -0.506 e. The van der Waals surface area contributed by atoms with E-state index in [2.05, 4.69) is 10.9 Å². The number of phenolic OH excluding ortho intramolecular Hbond substituents is 1. The Morgan fingerprint density at radius 3 is 2.06 bits per heavy atom. The van der Waals surface area contributed by atoms with Crippen LogP contribution in [0.1, 0.15) is 20.9 Å². The number of nitrogens with one attached hydrogen (secondary N) is 2. The average molecular weight is 413 g/mol. The average Bonchev–Trinajstić information content (AvgIpc) is 3.25. The molecule has 5 N–H and O–H groups in total. The second kappa shape index (κ2) is 8.46. The summed E-state index contributed by atoms with van der Waals surface area (Å²) in [5.74, 6) is -1.26. The van der Waals surface area contributed by atoms with Crippen molar-refractivity contribution >= 4 is 17.5 Å². The molecule has 4 aromatic rings. The first-order valence-corrected chi connectivity index (χ1v) is 9.46. The maximum atomic E-state index is 12.9. The van der Waals surface area contributed by atoms with Crippen LogP contribution < -0.4 is 16.6 Å². The van der Waals surface area contributed by atoms with E-state index in [-0.39, 0.29) is 22.8 Å². The van der Waals surface area contributed by atoms with E-state index in [1.807, 2.05) is 60.7 Å². The molecule has 0 aliphatic heterocycles. The van der Waals surface area contributed by atoms with Crippen molar-refractivity contribution in [3.8, 4) is 28.0 Å². The van der Waals surface area contributed by atoms with Crippen molar-refractivity contribution in [1.82, 2.24) is 10.9 Å². The van der Waals surface area contributed by atoms with Crippen LogP contribution >= 0.6 is 0 Å². The van der Waals surface area contributed by atoms with Crippen LogP contribution in [0.25, 0.3) is 22.3 Å². The Balaban J connectivity index is 1.61. The number of amides is 2. The zero-order valence-corrected chi connectivity index (χ0v) is 16.3. The van der Waals surface area contributed by atoms with Crippen LogP contribution in [0, 0.1) is 0 Å². The van der Waals surface area contributed by atoms with Gasteiger partial charge in [-0.25, -0.2) is 0 Å². The van der Waals surface area contributed by atoms with Gasteiger partial charge in [-0.15, -0.1) is 0 Å². The summed E-state index contributed by atoms with van der Waals surface area (Å²) in [4.78, 5) is 25.2. The van der Waals surface area contributed by atoms with E-state index in [9.17, 15) is 14.7 Å². The highest BCUT2D eigenvalue weighted by Crippen LogP contribution is 2.36. The van der Waals surface area contributed by atoms with Crippen molar-refractivity contribution in [2.75, 3.05) is 5.73 Å². The first-order chi connectivity index (χ1) is 15.0. The molecule has 1 aromatic heterocycles. The molecular weight excluding hydrogens is 394 g/mol. The van der Waals surface area contributed by atoms with Gasteiger partial charge < -0.3 is 15.3 Å². The van der Waals surface area contributed by atoms with Gasteiger partial charge in [0.1, 0.15) is 5.75 Å². The minimum atomic E-state index is -0.610. The molecule has 4 rings (SSSR count). The Hall–Kier alpha value is -4.52. The lowest BCUT2D eigenvalue weighted by atomic mass is 9.96. The number of phenols is 1. The van der Waals surface area contributed by atoms with Crippen LogP contribution in [-0.4, -0.2) is 16.9 Å². The summed E-state index contributed by atoms with van der Waals surface area (Å²) in [5, 5.41) is 9.49. The predicted molar refractivity (Wildman–Crippen MR) is 117 cm³/mol. The molecule has 0 saturated heterocycles. The fraction of sp³-hybridized carbons (Fsp3) is 0. The van der Waals surface area contributed by atoms with Gasteiger partial charge in [0.25, 0.3) is 5.91 Å². The molecule has 0 fully saturated rings. The molecule has 0 spiro atoms. The van der Waals surface area contributed by atoms with Crippen molar-refractivity contribution in [2.45, 2.75) is 0 Å². The molecule has 31 heavy (non-hydrogen) atoms. The van der Waals surface area contributed by atoms with Crippen molar-refractivity contribution in [3.63, 3.8) is 0 Å². The topological polar surface area (TPSA) is 118 Å². The van der Waals surface area contributed by atoms with Gasteiger partial charge in [0.05, 0.1) is 12.0 Å². The SMILES string of the molecule is Nc1cc(C(=O)NNC(=O)c2occ(-c3ccccc3)c2-c2ccccc2)ccc1O. The molecule has 154 valence electrons. The van der Waals surface area contributed by atoms with Gasteiger partial charge in [-0.2, -0.15) is 0 Å². The summed E-state index contributed by atoms with van der Waals surface area (Å²) in [6.07, 6.45) is 1.52. The van der Waals surface area contributed by atoms with E-state index in [0.29, 0.717) is 5.56 Å². The van der Waals surface area contributed by atoms with Crippen LogP contribution in [0.2, 0.25) is 0 Å². The molecule has 0 unspecified atom stereocenters. The lowest BCUT2D eigenvalue weighted by Gasteiger charge is -2.09. The normalized spacial score (nSPS) is 10.5. The number of hydrogen-bond donors (Lipinski definition) is 4. The fourth-order valence-corrected chi connectivity index (χ4v) is 3.18. The second-order valence-corrected chi connectivity index (χ2v) is 6.77. The smallest absolute Gasteiger partial charge is 0.306 e. The minimum absolute atomic E-state index is 0.0591. The molecule has 3 aromatic carbocycles. The number of furan rings is 1. The van der Waals surface area contributed by atoms with Crippen LogP contribution in [-0.2, 0) is 0 Å². The molecule has 7 nitrogen and oxygen atoms in total. The molecule has 2 amide bonds. The van der Waals surface area contributed by atoms with Crippen molar-refractivity contribution in [2.24, 2.45) is 0 Å². The van der Waals surface area contributed by atoms with Gasteiger partial charge in [0.15, 0.2) is 0 Å². The number of hydrogen-bond acceptors (Lipinski definition) is 5. The van der Waals surface area contributed by atoms with Crippen LogP contribution in [0.4, 0.5) is 5.69 Å². The van der Waals surface area contributed by atoms with E-state index in [4.69, 9.17) is 10.2 Å². The molecule has 0 atom stereocenters. The molecule has 0 aliphatic rings. The third-order valence-corrected chi connectivity index (χ3v) is 4.72. The fourth-order valence-electron chi connectivity index (χ4n) is 3.18. The molecule has 0 saturated carbocycles. The number of anilines is 1. The van der Waals surface area contributed by atoms with E-state index >= 15 is 0 Å². The number of carbonyl (C=O) groups is 2. The molecule has 0 bridgehead atoms. The maximum absolute atomic E-state index is 12.9. The Labute approximate surface area is 178 Å². The summed E-state index contributed by atoms with van der Waals surface area (Å²) < 4.78 is 5.62. The van der Waals surface area contributed by atoms with Crippen molar-refractivity contribution < 1.29 is 19.1 Å². The zero-order chi connectivity index (χ0) is 21.8. The standard InChI is InChI=1S/C24H19N3O4/c25-19-13-17(11-12-20(19)28)23(29)26-27-24(30)22-21(16-9-5-2-6-10-16)18(14-31-22)15-7-3-1-4-8-15/h1-14,28H,25H2,(H,26,29)(H,27,30). The molecule has 0 radical (unpaired) electrons. The van der Waals surface area contributed by atoms with E-state index in [0.717, 1.165) is 16.7 Å². The summed E-state index contributed by atoms with van der Waals surface area (Å²) in [6, 6.07) is 23.0. The van der Waals surface area contributed by atoms with Gasteiger partial charge in [0.2, 0.25) is 5.76 Å². The molecule has 1 heterocycles. The van der Waals surface area contributed by atoms with Crippen molar-refractivity contribution in [1.29, 1.82) is 0 Å². The van der Waals surface area contributed by atoms with Crippen LogP contribution in [0.5, 0.6) is 5.75 Å². The summed E-state index contributed by atoms with van der Waals surface area (Å²) >= 11 is 0. The number of aromatic hydroxyl groups is 1. The highest BCUT2D eigenvalue weighted by molar-refractivity contribution is 6.04. The highest BCUT2D eigenvalue weighted by atomic mass is 16.3. The maximum Gasteiger partial charge on any atom is 0.306 e. The van der Waals surface area contributed by atoms with Crippen LogP contribution in [0.3, 0.4) is 0 Å². The lowest BCUT2D eigenvalue weighted by molar-refractivity contribution is 0.0831. The van der Waals surface area contributed by atoms with Gasteiger partial charge in [0, 0.05) is 16.7 Å². The van der Waals surface area contributed by atoms with Gasteiger partial charge in [-0.05, 0) is 29.3 Å². The third kappa shape index (κ3) is 4.11. The Morgan fingerprint density at radius 2 is 1.42 bits per heavy atom. The molecule has 7 heteroatoms. The second-order valence-electron chi connectivity index (χ2n) is 6.77. The lowest BCUT2D eigenvalue weighted by Crippen LogP contribution is -2.41. The monoisotopic (exact) mass is 413 g/mol. The number of benzene rings is 3. The number of hydrazine groups is 1. The Kier molecular flexibility index (Phi) is 5.40. The molecular formula is C24H19N3O4. The Morgan fingerprint density at radius 1 is 0.806 bits per heavy atom. The summed E-state index contributed by atoms with van der Waals surface area (Å²) in [7, 11) is 0. The Bertz CT molecular complexity index is 1230. The summed E-state index contributed by atoms with van der Waals surface area (Å²) in [5.41, 5.74) is 13.6. The third-order valence-electron chi connectivity index (χ3n) is 4.72. The van der Waals surface area contributed by atoms with E-state index in [1.54, 1.807) is 0 Å². The quantitative estimate of drug-likeness (QED) is 0.229. The van der Waals surface area contributed by atoms with Gasteiger partial charge in [-0.1, -0.05) is 60.7 Å². The number of nitrogen functional groups attached to an aromatic ring is 1. The molecule has 0 aliphatic carbocycles. The van der Waals surface area contributed by atoms with E-state index < -0.39 is 11.8 Å². The number of carbonyl (C=O) groups excluding carboxylic acids is 2.